The molecule has 1 aromatic rings. The third kappa shape index (κ3) is 4.04. The fourth-order valence-corrected chi connectivity index (χ4v) is 2.04. The van der Waals surface area contributed by atoms with Gasteiger partial charge in [0.05, 0.1) is 14.2 Å². The molecule has 0 aromatic heterocycles. The van der Waals surface area contributed by atoms with Gasteiger partial charge in [-0.1, -0.05) is 0 Å². The summed E-state index contributed by atoms with van der Waals surface area (Å²) < 4.78 is 10.5. The highest BCUT2D eigenvalue weighted by atomic mass is 32.2. The van der Waals surface area contributed by atoms with Gasteiger partial charge in [-0.25, -0.2) is 0 Å². The third-order valence-corrected chi connectivity index (χ3v) is 3.27. The summed E-state index contributed by atoms with van der Waals surface area (Å²) in [7, 11) is 3.31. The second-order valence-electron chi connectivity index (χ2n) is 3.80. The minimum Gasteiger partial charge on any atom is -0.493 e. The number of benzene rings is 1. The summed E-state index contributed by atoms with van der Waals surface area (Å²) in [5, 5.41) is 3.42. The number of nitrogens with one attached hydrogen (secondary N) is 1. The van der Waals surface area contributed by atoms with Crippen LogP contribution >= 0.6 is 11.8 Å². The molecule has 1 aromatic carbocycles. The standard InChI is InChI=1S/C13H21NO2S/c1-10-8-12(15-2)13(16-3)9-11(10)14-6-5-7-17-4/h8-9,14H,5-7H2,1-4H3. The molecule has 0 saturated carbocycles. The number of hydrogen-bond donors (Lipinski definition) is 1. The van der Waals surface area contributed by atoms with Crippen LogP contribution in [0.5, 0.6) is 11.5 Å². The number of hydrogen-bond acceptors (Lipinski definition) is 4. The Hall–Kier alpha value is -1.03. The van der Waals surface area contributed by atoms with Gasteiger partial charge in [-0.2, -0.15) is 11.8 Å². The maximum Gasteiger partial charge on any atom is 0.162 e. The lowest BCUT2D eigenvalue weighted by Crippen LogP contribution is -2.04. The number of aryl methyl sites for hydroxylation is 1. The lowest BCUT2D eigenvalue weighted by molar-refractivity contribution is 0.355. The van der Waals surface area contributed by atoms with E-state index in [2.05, 4.69) is 18.5 Å². The zero-order chi connectivity index (χ0) is 12.7. The van der Waals surface area contributed by atoms with E-state index in [0.29, 0.717) is 0 Å². The van der Waals surface area contributed by atoms with Crippen molar-refractivity contribution in [3.8, 4) is 11.5 Å². The molecule has 0 aliphatic rings. The molecule has 0 saturated heterocycles. The van der Waals surface area contributed by atoms with Crippen molar-refractivity contribution in [3.05, 3.63) is 17.7 Å². The molecule has 0 heterocycles. The van der Waals surface area contributed by atoms with Gasteiger partial charge in [0.25, 0.3) is 0 Å². The summed E-state index contributed by atoms with van der Waals surface area (Å²) in [6.45, 7) is 3.05. The molecule has 4 heteroatoms. The molecule has 17 heavy (non-hydrogen) atoms. The SMILES string of the molecule is COc1cc(C)c(NCCCSC)cc1OC. The summed E-state index contributed by atoms with van der Waals surface area (Å²) in [6, 6.07) is 3.99. The van der Waals surface area contributed by atoms with Crippen molar-refractivity contribution in [1.29, 1.82) is 0 Å². The minimum atomic E-state index is 0.769. The predicted octanol–water partition coefficient (Wildman–Crippen LogP) is 3.18. The molecular formula is C13H21NO2S. The largest absolute Gasteiger partial charge is 0.493 e. The van der Waals surface area contributed by atoms with Gasteiger partial charge in [0.15, 0.2) is 11.5 Å². The molecule has 0 atom stereocenters. The van der Waals surface area contributed by atoms with Gasteiger partial charge in [-0.15, -0.1) is 0 Å². The van der Waals surface area contributed by atoms with E-state index in [4.69, 9.17) is 9.47 Å². The highest BCUT2D eigenvalue weighted by Crippen LogP contribution is 2.32. The van der Waals surface area contributed by atoms with Crippen LogP contribution in [-0.4, -0.2) is 32.8 Å². The molecule has 0 aliphatic carbocycles. The predicted molar refractivity (Wildman–Crippen MR) is 75.8 cm³/mol. The van der Waals surface area contributed by atoms with Crippen molar-refractivity contribution in [1.82, 2.24) is 0 Å². The molecule has 3 nitrogen and oxygen atoms in total. The molecule has 0 unspecified atom stereocenters. The number of thioether (sulfide) groups is 1. The molecule has 0 bridgehead atoms. The Morgan fingerprint density at radius 1 is 1.18 bits per heavy atom. The monoisotopic (exact) mass is 255 g/mol. The van der Waals surface area contributed by atoms with E-state index in [1.165, 1.54) is 11.3 Å². The topological polar surface area (TPSA) is 30.5 Å². The first-order chi connectivity index (χ1) is 8.22. The fourth-order valence-electron chi connectivity index (χ4n) is 1.61. The second kappa shape index (κ2) is 7.33. The summed E-state index contributed by atoms with van der Waals surface area (Å²) in [5.41, 5.74) is 2.29. The molecule has 0 aliphatic heterocycles. The van der Waals surface area contributed by atoms with Crippen molar-refractivity contribution in [3.63, 3.8) is 0 Å². The minimum absolute atomic E-state index is 0.769. The van der Waals surface area contributed by atoms with E-state index < -0.39 is 0 Å². The smallest absolute Gasteiger partial charge is 0.162 e. The summed E-state index contributed by atoms with van der Waals surface area (Å²) in [6.07, 6.45) is 3.29. The van der Waals surface area contributed by atoms with Crippen molar-refractivity contribution >= 4 is 17.4 Å². The van der Waals surface area contributed by atoms with Crippen LogP contribution in [0.1, 0.15) is 12.0 Å². The summed E-state index contributed by atoms with van der Waals surface area (Å²) >= 11 is 1.87. The number of anilines is 1. The van der Waals surface area contributed by atoms with Crippen LogP contribution in [0.25, 0.3) is 0 Å². The first-order valence-corrected chi connectivity index (χ1v) is 7.07. The highest BCUT2D eigenvalue weighted by Gasteiger charge is 2.07. The average molecular weight is 255 g/mol. The van der Waals surface area contributed by atoms with Gasteiger partial charge < -0.3 is 14.8 Å². The third-order valence-electron chi connectivity index (χ3n) is 2.57. The Kier molecular flexibility index (Phi) is 6.05. The van der Waals surface area contributed by atoms with Crippen LogP contribution in [0, 0.1) is 6.92 Å². The molecule has 0 amide bonds. The first-order valence-electron chi connectivity index (χ1n) is 5.68. The zero-order valence-corrected chi connectivity index (χ0v) is 11.8. The molecule has 1 rings (SSSR count). The molecule has 0 spiro atoms. The van der Waals surface area contributed by atoms with E-state index in [-0.39, 0.29) is 0 Å². The fraction of sp³-hybridized carbons (Fsp3) is 0.538. The Bertz CT molecular complexity index is 356. The lowest BCUT2D eigenvalue weighted by atomic mass is 10.1. The van der Waals surface area contributed by atoms with E-state index >= 15 is 0 Å². The first kappa shape index (κ1) is 14.0. The maximum absolute atomic E-state index is 5.29. The van der Waals surface area contributed by atoms with Crippen molar-refractivity contribution < 1.29 is 9.47 Å². The average Bonchev–Trinajstić information content (AvgIpc) is 2.35. The van der Waals surface area contributed by atoms with Gasteiger partial charge >= 0.3 is 0 Å². The number of ether oxygens (including phenoxy) is 2. The van der Waals surface area contributed by atoms with Gasteiger partial charge in [-0.05, 0) is 37.0 Å². The quantitative estimate of drug-likeness (QED) is 0.758. The number of methoxy groups -OCH3 is 2. The van der Waals surface area contributed by atoms with E-state index in [9.17, 15) is 0 Å². The van der Waals surface area contributed by atoms with E-state index in [0.717, 1.165) is 30.2 Å². The normalized spacial score (nSPS) is 10.1. The van der Waals surface area contributed by atoms with Crippen molar-refractivity contribution in [2.45, 2.75) is 13.3 Å². The van der Waals surface area contributed by atoms with Gasteiger partial charge in [0.1, 0.15) is 0 Å². The Labute approximate surface area is 108 Å². The molecule has 1 N–H and O–H groups in total. The summed E-state index contributed by atoms with van der Waals surface area (Å²) in [5.74, 6) is 2.73. The van der Waals surface area contributed by atoms with Gasteiger partial charge in [0, 0.05) is 18.3 Å². The molecule has 0 fully saturated rings. The maximum atomic E-state index is 5.29. The molecular weight excluding hydrogens is 234 g/mol. The molecule has 0 radical (unpaired) electrons. The van der Waals surface area contributed by atoms with Gasteiger partial charge in [0.2, 0.25) is 0 Å². The van der Waals surface area contributed by atoms with Gasteiger partial charge in [-0.3, -0.25) is 0 Å². The van der Waals surface area contributed by atoms with E-state index in [1.54, 1.807) is 14.2 Å². The summed E-state index contributed by atoms with van der Waals surface area (Å²) in [4.78, 5) is 0. The van der Waals surface area contributed by atoms with Crippen LogP contribution in [-0.2, 0) is 0 Å². The lowest BCUT2D eigenvalue weighted by Gasteiger charge is -2.14. The van der Waals surface area contributed by atoms with Crippen LogP contribution in [0.15, 0.2) is 12.1 Å². The Balaban J connectivity index is 2.71. The van der Waals surface area contributed by atoms with Crippen LogP contribution in [0.2, 0.25) is 0 Å². The highest BCUT2D eigenvalue weighted by molar-refractivity contribution is 7.98. The van der Waals surface area contributed by atoms with Crippen molar-refractivity contribution in [2.24, 2.45) is 0 Å². The molecule has 96 valence electrons. The Morgan fingerprint density at radius 3 is 2.41 bits per heavy atom. The Morgan fingerprint density at radius 2 is 1.82 bits per heavy atom. The van der Waals surface area contributed by atoms with E-state index in [1.807, 2.05) is 23.9 Å². The van der Waals surface area contributed by atoms with Crippen LogP contribution in [0.4, 0.5) is 5.69 Å². The van der Waals surface area contributed by atoms with Crippen LogP contribution < -0.4 is 14.8 Å². The number of rotatable bonds is 7. The second-order valence-corrected chi connectivity index (χ2v) is 4.78. The van der Waals surface area contributed by atoms with Crippen LogP contribution in [0.3, 0.4) is 0 Å². The van der Waals surface area contributed by atoms with Crippen molar-refractivity contribution in [2.75, 3.05) is 38.1 Å². The zero-order valence-electron chi connectivity index (χ0n) is 11.0.